The molecule has 0 radical (unpaired) electrons. The maximum Gasteiger partial charge on any atom is 0.255 e. The Kier molecular flexibility index (Phi) is 4.82. The van der Waals surface area contributed by atoms with Gasteiger partial charge in [-0.25, -0.2) is 4.98 Å². The molecule has 0 saturated carbocycles. The Morgan fingerprint density at radius 2 is 1.97 bits per heavy atom. The Labute approximate surface area is 166 Å². The molecule has 3 heterocycles. The number of rotatable bonds is 5. The minimum Gasteiger partial charge on any atom is -0.463 e. The number of nitrogens with zero attached hydrogens (tertiary/aromatic N) is 3. The Morgan fingerprint density at radius 1 is 1.17 bits per heavy atom. The van der Waals surface area contributed by atoms with Crippen molar-refractivity contribution >= 4 is 11.7 Å². The first-order valence-corrected chi connectivity index (χ1v) is 9.07. The van der Waals surface area contributed by atoms with Crippen molar-refractivity contribution in [2.45, 2.75) is 20.3 Å². The summed E-state index contributed by atoms with van der Waals surface area (Å²) in [7, 11) is 0. The molecular formula is C21H19N5O3. The average Bonchev–Trinajstić information content (AvgIpc) is 3.36. The molecule has 29 heavy (non-hydrogen) atoms. The van der Waals surface area contributed by atoms with Gasteiger partial charge >= 0.3 is 0 Å². The van der Waals surface area contributed by atoms with Crippen molar-refractivity contribution in [3.8, 4) is 17.4 Å². The highest BCUT2D eigenvalue weighted by Crippen LogP contribution is 2.24. The van der Waals surface area contributed by atoms with E-state index in [0.29, 0.717) is 28.5 Å². The van der Waals surface area contributed by atoms with Gasteiger partial charge in [-0.3, -0.25) is 14.6 Å². The van der Waals surface area contributed by atoms with E-state index in [2.05, 4.69) is 20.4 Å². The van der Waals surface area contributed by atoms with E-state index in [1.54, 1.807) is 32.0 Å². The third-order valence-electron chi connectivity index (χ3n) is 4.54. The maximum absolute atomic E-state index is 12.6. The van der Waals surface area contributed by atoms with Crippen molar-refractivity contribution in [1.82, 2.24) is 19.7 Å². The van der Waals surface area contributed by atoms with Crippen molar-refractivity contribution in [1.29, 1.82) is 0 Å². The molecule has 4 aromatic rings. The fourth-order valence-electron chi connectivity index (χ4n) is 2.88. The smallest absolute Gasteiger partial charge is 0.255 e. The minimum absolute atomic E-state index is 0.207. The lowest BCUT2D eigenvalue weighted by atomic mass is 10.1. The fourth-order valence-corrected chi connectivity index (χ4v) is 2.88. The SMILES string of the molecule is Cc1nc(-n2nc(-c3ccco3)cc2NC(=O)Cc2ccccc2)[nH]c(=O)c1C. The van der Waals surface area contributed by atoms with Crippen LogP contribution in [0.4, 0.5) is 5.82 Å². The number of benzene rings is 1. The number of hydrogen-bond acceptors (Lipinski definition) is 5. The molecular weight excluding hydrogens is 370 g/mol. The van der Waals surface area contributed by atoms with Crippen LogP contribution in [0.25, 0.3) is 17.4 Å². The van der Waals surface area contributed by atoms with E-state index in [1.807, 2.05) is 30.3 Å². The van der Waals surface area contributed by atoms with Crippen LogP contribution in [0, 0.1) is 13.8 Å². The molecule has 0 unspecified atom stereocenters. The van der Waals surface area contributed by atoms with Crippen molar-refractivity contribution in [3.05, 3.63) is 82.0 Å². The zero-order valence-corrected chi connectivity index (χ0v) is 16.0. The van der Waals surface area contributed by atoms with E-state index in [0.717, 1.165) is 5.56 Å². The molecule has 146 valence electrons. The van der Waals surface area contributed by atoms with Crippen LogP contribution in [0.3, 0.4) is 0 Å². The number of amides is 1. The largest absolute Gasteiger partial charge is 0.463 e. The molecule has 0 aliphatic rings. The van der Waals surface area contributed by atoms with Crippen molar-refractivity contribution in [2.75, 3.05) is 5.32 Å². The lowest BCUT2D eigenvalue weighted by Gasteiger charge is -2.09. The third kappa shape index (κ3) is 3.86. The van der Waals surface area contributed by atoms with Crippen molar-refractivity contribution < 1.29 is 9.21 Å². The number of carbonyl (C=O) groups excluding carboxylic acids is 1. The Balaban J connectivity index is 1.72. The van der Waals surface area contributed by atoms with Gasteiger partial charge < -0.3 is 9.73 Å². The van der Waals surface area contributed by atoms with Gasteiger partial charge in [-0.15, -0.1) is 0 Å². The monoisotopic (exact) mass is 389 g/mol. The van der Waals surface area contributed by atoms with Gasteiger partial charge in [0.05, 0.1) is 12.7 Å². The first-order valence-electron chi connectivity index (χ1n) is 9.07. The summed E-state index contributed by atoms with van der Waals surface area (Å²) in [6.07, 6.45) is 1.75. The standard InChI is InChI=1S/C21H19N5O3/c1-13-14(2)22-21(24-20(13)28)26-18(12-16(25-26)17-9-6-10-29-17)23-19(27)11-15-7-4-3-5-8-15/h3-10,12H,11H2,1-2H3,(H,23,27)(H,22,24,28). The van der Waals surface area contributed by atoms with Crippen LogP contribution >= 0.6 is 0 Å². The molecule has 1 amide bonds. The topological polar surface area (TPSA) is 106 Å². The lowest BCUT2D eigenvalue weighted by molar-refractivity contribution is -0.115. The van der Waals surface area contributed by atoms with Crippen LogP contribution in [-0.4, -0.2) is 25.7 Å². The number of anilines is 1. The van der Waals surface area contributed by atoms with E-state index in [9.17, 15) is 9.59 Å². The van der Waals surface area contributed by atoms with Crippen LogP contribution in [0.2, 0.25) is 0 Å². The molecule has 8 nitrogen and oxygen atoms in total. The molecule has 4 rings (SSSR count). The van der Waals surface area contributed by atoms with Gasteiger partial charge in [0, 0.05) is 17.3 Å². The highest BCUT2D eigenvalue weighted by molar-refractivity contribution is 5.92. The van der Waals surface area contributed by atoms with Crippen LogP contribution in [0.15, 0.2) is 64.0 Å². The predicted octanol–water partition coefficient (Wildman–Crippen LogP) is 3.01. The number of hydrogen-bond donors (Lipinski definition) is 2. The van der Waals surface area contributed by atoms with Crippen molar-refractivity contribution in [3.63, 3.8) is 0 Å². The summed E-state index contributed by atoms with van der Waals surface area (Å²) in [6.45, 7) is 3.45. The second kappa shape index (κ2) is 7.59. The predicted molar refractivity (Wildman–Crippen MR) is 108 cm³/mol. The number of H-pyrrole nitrogens is 1. The third-order valence-corrected chi connectivity index (χ3v) is 4.54. The first-order chi connectivity index (χ1) is 14.0. The molecule has 0 aliphatic heterocycles. The van der Waals surface area contributed by atoms with E-state index in [1.165, 1.54) is 10.9 Å². The number of carbonyl (C=O) groups is 1. The van der Waals surface area contributed by atoms with E-state index < -0.39 is 0 Å². The van der Waals surface area contributed by atoms with Gasteiger partial charge in [0.2, 0.25) is 11.9 Å². The van der Waals surface area contributed by atoms with Crippen LogP contribution < -0.4 is 10.9 Å². The summed E-state index contributed by atoms with van der Waals surface area (Å²) in [4.78, 5) is 31.9. The lowest BCUT2D eigenvalue weighted by Crippen LogP contribution is -2.21. The molecule has 8 heteroatoms. The Hall–Kier alpha value is -3.94. The summed E-state index contributed by atoms with van der Waals surface area (Å²) in [5.41, 5.74) is 2.25. The minimum atomic E-state index is -0.260. The van der Waals surface area contributed by atoms with Crippen LogP contribution in [0.1, 0.15) is 16.8 Å². The van der Waals surface area contributed by atoms with Gasteiger partial charge in [-0.2, -0.15) is 9.78 Å². The first kappa shape index (κ1) is 18.4. The van der Waals surface area contributed by atoms with Gasteiger partial charge in [0.15, 0.2) is 5.76 Å². The number of aryl methyl sites for hydroxylation is 1. The van der Waals surface area contributed by atoms with E-state index in [-0.39, 0.29) is 23.8 Å². The normalized spacial score (nSPS) is 10.8. The number of furan rings is 1. The Morgan fingerprint density at radius 3 is 2.66 bits per heavy atom. The molecule has 0 spiro atoms. The summed E-state index contributed by atoms with van der Waals surface area (Å²) < 4.78 is 6.81. The molecule has 1 aromatic carbocycles. The molecule has 3 aromatic heterocycles. The maximum atomic E-state index is 12.6. The second-order valence-electron chi connectivity index (χ2n) is 6.61. The summed E-state index contributed by atoms with van der Waals surface area (Å²) in [5.74, 6) is 0.915. The van der Waals surface area contributed by atoms with Crippen LogP contribution in [0.5, 0.6) is 0 Å². The van der Waals surface area contributed by atoms with Gasteiger partial charge in [-0.05, 0) is 31.5 Å². The zero-order valence-electron chi connectivity index (χ0n) is 16.0. The summed E-state index contributed by atoms with van der Waals surface area (Å²) in [5, 5.41) is 7.32. The highest BCUT2D eigenvalue weighted by atomic mass is 16.3. The fraction of sp³-hybridized carbons (Fsp3) is 0.143. The Bertz CT molecular complexity index is 1210. The van der Waals surface area contributed by atoms with Gasteiger partial charge in [0.25, 0.3) is 5.56 Å². The van der Waals surface area contributed by atoms with Gasteiger partial charge in [0.1, 0.15) is 11.5 Å². The zero-order chi connectivity index (χ0) is 20.4. The number of aromatic amines is 1. The number of aromatic nitrogens is 4. The molecule has 0 saturated heterocycles. The molecule has 0 aliphatic carbocycles. The van der Waals surface area contributed by atoms with Crippen LogP contribution in [-0.2, 0) is 11.2 Å². The van der Waals surface area contributed by atoms with E-state index in [4.69, 9.17) is 4.42 Å². The molecule has 0 fully saturated rings. The molecule has 2 N–H and O–H groups in total. The summed E-state index contributed by atoms with van der Waals surface area (Å²) in [6, 6.07) is 14.6. The average molecular weight is 389 g/mol. The molecule has 0 bridgehead atoms. The highest BCUT2D eigenvalue weighted by Gasteiger charge is 2.17. The van der Waals surface area contributed by atoms with Gasteiger partial charge in [-0.1, -0.05) is 30.3 Å². The summed E-state index contributed by atoms with van der Waals surface area (Å²) >= 11 is 0. The second-order valence-corrected chi connectivity index (χ2v) is 6.61. The van der Waals surface area contributed by atoms with E-state index >= 15 is 0 Å². The molecule has 0 atom stereocenters. The van der Waals surface area contributed by atoms with Crippen molar-refractivity contribution in [2.24, 2.45) is 0 Å². The quantitative estimate of drug-likeness (QED) is 0.546. The number of nitrogens with one attached hydrogen (secondary N) is 2.